The first-order valence-electron chi connectivity index (χ1n) is 5.73. The van der Waals surface area contributed by atoms with Gasteiger partial charge in [-0.05, 0) is 25.5 Å². The Morgan fingerprint density at radius 1 is 1.53 bits per heavy atom. The van der Waals surface area contributed by atoms with Gasteiger partial charge in [-0.25, -0.2) is 4.98 Å². The number of rotatable bonds is 3. The minimum absolute atomic E-state index is 0.00182. The molecule has 1 aromatic heterocycles. The summed E-state index contributed by atoms with van der Waals surface area (Å²) in [6, 6.07) is 5.37. The first-order valence-corrected chi connectivity index (χ1v) is 5.73. The summed E-state index contributed by atoms with van der Waals surface area (Å²) in [4.78, 5) is 16.0. The van der Waals surface area contributed by atoms with Crippen LogP contribution in [0.2, 0.25) is 0 Å². The molecule has 0 spiro atoms. The molecule has 1 heterocycles. The Morgan fingerprint density at radius 2 is 2.35 bits per heavy atom. The highest BCUT2D eigenvalue weighted by molar-refractivity contribution is 5.92. The number of hydrogen-bond acceptors (Lipinski definition) is 3. The summed E-state index contributed by atoms with van der Waals surface area (Å²) in [6.07, 6.45) is 4.62. The number of aliphatic hydroxyl groups excluding tert-OH is 1. The van der Waals surface area contributed by atoms with Crippen molar-refractivity contribution in [3.05, 3.63) is 41.7 Å². The number of nitrogens with zero attached hydrogens (tertiary/aromatic N) is 1. The van der Waals surface area contributed by atoms with E-state index < -0.39 is 0 Å². The van der Waals surface area contributed by atoms with Gasteiger partial charge in [-0.2, -0.15) is 0 Å². The van der Waals surface area contributed by atoms with E-state index in [2.05, 4.69) is 10.3 Å². The van der Waals surface area contributed by atoms with Crippen molar-refractivity contribution in [1.82, 2.24) is 10.3 Å². The minimum atomic E-state index is -0.165. The summed E-state index contributed by atoms with van der Waals surface area (Å²) in [5.74, 6) is -0.00675. The number of carbonyl (C=O) groups excluding carboxylic acids is 1. The normalized spacial score (nSPS) is 22.7. The van der Waals surface area contributed by atoms with E-state index in [1.54, 1.807) is 6.07 Å². The second-order valence-corrected chi connectivity index (χ2v) is 4.31. The average molecular weight is 232 g/mol. The van der Waals surface area contributed by atoms with Crippen LogP contribution in [0.15, 0.2) is 30.4 Å². The van der Waals surface area contributed by atoms with E-state index in [9.17, 15) is 4.79 Å². The molecule has 2 rings (SSSR count). The van der Waals surface area contributed by atoms with E-state index in [0.29, 0.717) is 5.69 Å². The minimum Gasteiger partial charge on any atom is -0.396 e. The zero-order valence-electron chi connectivity index (χ0n) is 9.76. The summed E-state index contributed by atoms with van der Waals surface area (Å²) in [5, 5.41) is 11.9. The Balaban J connectivity index is 1.96. The molecule has 0 unspecified atom stereocenters. The summed E-state index contributed by atoms with van der Waals surface area (Å²) < 4.78 is 0. The van der Waals surface area contributed by atoms with Crippen molar-refractivity contribution in [1.29, 1.82) is 0 Å². The predicted molar refractivity (Wildman–Crippen MR) is 64.6 cm³/mol. The first-order chi connectivity index (χ1) is 8.19. The van der Waals surface area contributed by atoms with Gasteiger partial charge in [-0.1, -0.05) is 18.2 Å². The SMILES string of the molecule is Cc1cccc(C(=O)N[C@@H]2C=C[C@H](CO)C2)n1. The van der Waals surface area contributed by atoms with Gasteiger partial charge in [0, 0.05) is 24.3 Å². The van der Waals surface area contributed by atoms with Gasteiger partial charge in [0.05, 0.1) is 0 Å². The number of aliphatic hydroxyl groups is 1. The Labute approximate surface area is 100 Å². The molecule has 2 atom stereocenters. The fourth-order valence-corrected chi connectivity index (χ4v) is 1.93. The predicted octanol–water partition coefficient (Wildman–Crippen LogP) is 1.06. The van der Waals surface area contributed by atoms with Gasteiger partial charge in [-0.3, -0.25) is 4.79 Å². The van der Waals surface area contributed by atoms with Crippen LogP contribution in [0.1, 0.15) is 22.6 Å². The van der Waals surface area contributed by atoms with E-state index in [0.717, 1.165) is 12.1 Å². The Hall–Kier alpha value is -1.68. The number of hydrogen-bond donors (Lipinski definition) is 2. The Bertz CT molecular complexity index is 443. The fourth-order valence-electron chi connectivity index (χ4n) is 1.93. The highest BCUT2D eigenvalue weighted by Crippen LogP contribution is 2.17. The lowest BCUT2D eigenvalue weighted by molar-refractivity contribution is 0.0936. The zero-order valence-corrected chi connectivity index (χ0v) is 9.76. The van der Waals surface area contributed by atoms with Crippen LogP contribution in [0.25, 0.3) is 0 Å². The van der Waals surface area contributed by atoms with Crippen LogP contribution in [0.5, 0.6) is 0 Å². The van der Waals surface area contributed by atoms with Crippen LogP contribution in [0, 0.1) is 12.8 Å². The lowest BCUT2D eigenvalue weighted by atomic mass is 10.1. The van der Waals surface area contributed by atoms with Crippen molar-refractivity contribution < 1.29 is 9.90 Å². The van der Waals surface area contributed by atoms with Crippen LogP contribution in [-0.2, 0) is 0 Å². The summed E-state index contributed by atoms with van der Waals surface area (Å²) in [7, 11) is 0. The molecule has 1 aromatic rings. The number of aromatic nitrogens is 1. The maximum Gasteiger partial charge on any atom is 0.270 e. The molecule has 0 bridgehead atoms. The van der Waals surface area contributed by atoms with Crippen LogP contribution < -0.4 is 5.32 Å². The van der Waals surface area contributed by atoms with E-state index in [1.165, 1.54) is 0 Å². The fraction of sp³-hybridized carbons (Fsp3) is 0.385. The van der Waals surface area contributed by atoms with Crippen molar-refractivity contribution in [2.75, 3.05) is 6.61 Å². The smallest absolute Gasteiger partial charge is 0.270 e. The molecule has 0 aromatic carbocycles. The van der Waals surface area contributed by atoms with Crippen molar-refractivity contribution in [2.24, 2.45) is 5.92 Å². The van der Waals surface area contributed by atoms with E-state index in [4.69, 9.17) is 5.11 Å². The second-order valence-electron chi connectivity index (χ2n) is 4.31. The molecule has 0 saturated heterocycles. The number of nitrogens with one attached hydrogen (secondary N) is 1. The van der Waals surface area contributed by atoms with Crippen molar-refractivity contribution in [3.63, 3.8) is 0 Å². The maximum atomic E-state index is 11.9. The van der Waals surface area contributed by atoms with Crippen molar-refractivity contribution in [3.8, 4) is 0 Å². The zero-order chi connectivity index (χ0) is 12.3. The van der Waals surface area contributed by atoms with Crippen LogP contribution in [0.4, 0.5) is 0 Å². The lowest BCUT2D eigenvalue weighted by Crippen LogP contribution is -2.33. The molecule has 0 aliphatic heterocycles. The Morgan fingerprint density at radius 3 is 3.00 bits per heavy atom. The molecule has 2 N–H and O–H groups in total. The highest BCUT2D eigenvalue weighted by atomic mass is 16.3. The molecular formula is C13H16N2O2. The molecule has 4 nitrogen and oxygen atoms in total. The van der Waals surface area contributed by atoms with Gasteiger partial charge in [0.2, 0.25) is 0 Å². The number of pyridine rings is 1. The third-order valence-corrected chi connectivity index (χ3v) is 2.84. The van der Waals surface area contributed by atoms with Crippen LogP contribution >= 0.6 is 0 Å². The van der Waals surface area contributed by atoms with Gasteiger partial charge in [0.1, 0.15) is 5.69 Å². The molecule has 0 fully saturated rings. The molecule has 0 saturated carbocycles. The topological polar surface area (TPSA) is 62.2 Å². The van der Waals surface area contributed by atoms with E-state index in [-0.39, 0.29) is 24.5 Å². The van der Waals surface area contributed by atoms with Crippen molar-refractivity contribution in [2.45, 2.75) is 19.4 Å². The second kappa shape index (κ2) is 5.10. The Kier molecular flexibility index (Phi) is 3.54. The molecule has 1 aliphatic rings. The van der Waals surface area contributed by atoms with Crippen molar-refractivity contribution >= 4 is 5.91 Å². The van der Waals surface area contributed by atoms with Crippen LogP contribution in [-0.4, -0.2) is 28.6 Å². The molecule has 1 aliphatic carbocycles. The molecule has 1 amide bonds. The number of amides is 1. The largest absolute Gasteiger partial charge is 0.396 e. The van der Waals surface area contributed by atoms with E-state index >= 15 is 0 Å². The van der Waals surface area contributed by atoms with Gasteiger partial charge < -0.3 is 10.4 Å². The first kappa shape index (κ1) is 11.8. The standard InChI is InChI=1S/C13H16N2O2/c1-9-3-2-4-12(14-9)13(17)15-11-6-5-10(7-11)8-16/h2-6,10-11,16H,7-8H2,1H3,(H,15,17)/t10-,11+/m0/s1. The van der Waals surface area contributed by atoms with Gasteiger partial charge in [-0.15, -0.1) is 0 Å². The van der Waals surface area contributed by atoms with Crippen LogP contribution in [0.3, 0.4) is 0 Å². The summed E-state index contributed by atoms with van der Waals surface area (Å²) >= 11 is 0. The molecule has 17 heavy (non-hydrogen) atoms. The van der Waals surface area contributed by atoms with Gasteiger partial charge in [0.15, 0.2) is 0 Å². The molecule has 0 radical (unpaired) electrons. The monoisotopic (exact) mass is 232 g/mol. The lowest BCUT2D eigenvalue weighted by Gasteiger charge is -2.12. The average Bonchev–Trinajstić information content (AvgIpc) is 2.77. The maximum absolute atomic E-state index is 11.9. The number of aryl methyl sites for hydroxylation is 1. The van der Waals surface area contributed by atoms with Gasteiger partial charge >= 0.3 is 0 Å². The number of carbonyl (C=O) groups is 1. The third kappa shape index (κ3) is 2.91. The molecule has 90 valence electrons. The summed E-state index contributed by atoms with van der Waals surface area (Å²) in [6.45, 7) is 1.99. The highest BCUT2D eigenvalue weighted by Gasteiger charge is 2.20. The summed E-state index contributed by atoms with van der Waals surface area (Å²) in [5.41, 5.74) is 1.26. The quantitative estimate of drug-likeness (QED) is 0.766. The van der Waals surface area contributed by atoms with E-state index in [1.807, 2.05) is 31.2 Å². The molecule has 4 heteroatoms. The molecular weight excluding hydrogens is 216 g/mol. The third-order valence-electron chi connectivity index (χ3n) is 2.84. The van der Waals surface area contributed by atoms with Gasteiger partial charge in [0.25, 0.3) is 5.91 Å².